The van der Waals surface area contributed by atoms with Crippen LogP contribution in [0.25, 0.3) is 0 Å². The Labute approximate surface area is 168 Å². The van der Waals surface area contributed by atoms with Crippen LogP contribution in [0.15, 0.2) is 24.3 Å². The quantitative estimate of drug-likeness (QED) is 0.638. The van der Waals surface area contributed by atoms with Crippen molar-refractivity contribution >= 4 is 12.1 Å². The summed E-state index contributed by atoms with van der Waals surface area (Å²) in [6.07, 6.45) is 2.69. The van der Waals surface area contributed by atoms with E-state index in [1.807, 2.05) is 45.0 Å². The highest BCUT2D eigenvalue weighted by Gasteiger charge is 2.37. The zero-order valence-corrected chi connectivity index (χ0v) is 17.7. The normalized spacial score (nSPS) is 19.4. The Morgan fingerprint density at radius 1 is 1.18 bits per heavy atom. The number of nitrogens with zero attached hydrogens (tertiary/aromatic N) is 1. The van der Waals surface area contributed by atoms with E-state index in [1.54, 1.807) is 12.0 Å². The van der Waals surface area contributed by atoms with Crippen LogP contribution in [0.4, 0.5) is 4.79 Å². The van der Waals surface area contributed by atoms with Crippen molar-refractivity contribution in [2.45, 2.75) is 65.6 Å². The standard InChI is InChI=1S/C22H33NO5/c1-21(2,3)28-20(25)23-14-13-22(4,16-23)12-6-7-19(24)27-15-17-8-10-18(26-5)11-9-17/h8-11H,6-7,12-16H2,1-5H3. The maximum Gasteiger partial charge on any atom is 0.410 e. The van der Waals surface area contributed by atoms with Gasteiger partial charge >= 0.3 is 12.1 Å². The van der Waals surface area contributed by atoms with Crippen molar-refractivity contribution < 1.29 is 23.8 Å². The average molecular weight is 392 g/mol. The Morgan fingerprint density at radius 2 is 1.86 bits per heavy atom. The highest BCUT2D eigenvalue weighted by Crippen LogP contribution is 2.35. The summed E-state index contributed by atoms with van der Waals surface area (Å²) in [6, 6.07) is 7.47. The number of amides is 1. The van der Waals surface area contributed by atoms with Crippen molar-refractivity contribution in [1.29, 1.82) is 0 Å². The lowest BCUT2D eigenvalue weighted by atomic mass is 9.84. The number of hydrogen-bond acceptors (Lipinski definition) is 5. The molecule has 1 aliphatic heterocycles. The van der Waals surface area contributed by atoms with Gasteiger partial charge in [0.1, 0.15) is 18.0 Å². The molecule has 0 spiro atoms. The summed E-state index contributed by atoms with van der Waals surface area (Å²) in [5, 5.41) is 0. The molecule has 0 aromatic heterocycles. The molecule has 0 saturated carbocycles. The molecule has 0 aliphatic carbocycles. The number of ether oxygens (including phenoxy) is 3. The van der Waals surface area contributed by atoms with Gasteiger partial charge in [-0.05, 0) is 63.1 Å². The van der Waals surface area contributed by atoms with Crippen molar-refractivity contribution in [3.8, 4) is 5.75 Å². The second-order valence-electron chi connectivity index (χ2n) is 8.82. The van der Waals surface area contributed by atoms with Gasteiger partial charge in [-0.15, -0.1) is 0 Å². The van der Waals surface area contributed by atoms with Gasteiger partial charge in [0, 0.05) is 19.5 Å². The highest BCUT2D eigenvalue weighted by molar-refractivity contribution is 5.69. The number of carbonyl (C=O) groups excluding carboxylic acids is 2. The number of hydrogen-bond donors (Lipinski definition) is 0. The van der Waals surface area contributed by atoms with E-state index in [0.717, 1.165) is 30.6 Å². The van der Waals surface area contributed by atoms with E-state index in [2.05, 4.69) is 6.92 Å². The fraction of sp³-hybridized carbons (Fsp3) is 0.636. The van der Waals surface area contributed by atoms with Crippen LogP contribution in [0.5, 0.6) is 5.75 Å². The van der Waals surface area contributed by atoms with Gasteiger partial charge < -0.3 is 19.1 Å². The van der Waals surface area contributed by atoms with Crippen LogP contribution in [0, 0.1) is 5.41 Å². The molecule has 1 aromatic carbocycles. The molecule has 6 heteroatoms. The molecule has 1 unspecified atom stereocenters. The first-order valence-electron chi connectivity index (χ1n) is 9.87. The first-order valence-corrected chi connectivity index (χ1v) is 9.87. The Hall–Kier alpha value is -2.24. The summed E-state index contributed by atoms with van der Waals surface area (Å²) in [5.41, 5.74) is 0.474. The molecular weight excluding hydrogens is 358 g/mol. The number of likely N-dealkylation sites (tertiary alicyclic amines) is 1. The van der Waals surface area contributed by atoms with E-state index in [-0.39, 0.29) is 24.1 Å². The average Bonchev–Trinajstić information content (AvgIpc) is 3.01. The fourth-order valence-corrected chi connectivity index (χ4v) is 3.33. The van der Waals surface area contributed by atoms with Gasteiger partial charge in [0.15, 0.2) is 0 Å². The Bertz CT molecular complexity index is 664. The summed E-state index contributed by atoms with van der Waals surface area (Å²) in [6.45, 7) is 9.43. The topological polar surface area (TPSA) is 65.1 Å². The molecule has 0 N–H and O–H groups in total. The minimum Gasteiger partial charge on any atom is -0.497 e. The molecule has 0 bridgehead atoms. The molecule has 1 aromatic rings. The SMILES string of the molecule is COc1ccc(COC(=O)CCCC2(C)CCN(C(=O)OC(C)(C)C)C2)cc1. The second-order valence-corrected chi connectivity index (χ2v) is 8.82. The van der Waals surface area contributed by atoms with Crippen molar-refractivity contribution in [1.82, 2.24) is 4.90 Å². The fourth-order valence-electron chi connectivity index (χ4n) is 3.33. The minimum atomic E-state index is -0.482. The van der Waals surface area contributed by atoms with Crippen LogP contribution >= 0.6 is 0 Å². The highest BCUT2D eigenvalue weighted by atomic mass is 16.6. The third-order valence-electron chi connectivity index (χ3n) is 4.93. The van der Waals surface area contributed by atoms with Crippen LogP contribution in [-0.2, 0) is 20.9 Å². The lowest BCUT2D eigenvalue weighted by molar-refractivity contribution is -0.145. The maximum atomic E-state index is 12.2. The molecule has 1 amide bonds. The van der Waals surface area contributed by atoms with Crippen molar-refractivity contribution in [3.63, 3.8) is 0 Å². The van der Waals surface area contributed by atoms with Gasteiger partial charge in [0.25, 0.3) is 0 Å². The molecular formula is C22H33NO5. The maximum absolute atomic E-state index is 12.2. The molecule has 1 aliphatic rings. The molecule has 1 heterocycles. The molecule has 28 heavy (non-hydrogen) atoms. The second kappa shape index (κ2) is 9.30. The van der Waals surface area contributed by atoms with Gasteiger partial charge in [0.05, 0.1) is 7.11 Å². The Kier molecular flexibility index (Phi) is 7.33. The largest absolute Gasteiger partial charge is 0.497 e. The van der Waals surface area contributed by atoms with E-state index in [1.165, 1.54) is 0 Å². The van der Waals surface area contributed by atoms with E-state index < -0.39 is 5.60 Å². The van der Waals surface area contributed by atoms with Gasteiger partial charge in [-0.25, -0.2) is 4.79 Å². The molecule has 1 saturated heterocycles. The minimum absolute atomic E-state index is 0.0210. The Morgan fingerprint density at radius 3 is 2.46 bits per heavy atom. The molecule has 2 rings (SSSR count). The summed E-state index contributed by atoms with van der Waals surface area (Å²) in [7, 11) is 1.62. The van der Waals surface area contributed by atoms with E-state index in [4.69, 9.17) is 14.2 Å². The zero-order chi connectivity index (χ0) is 20.8. The third kappa shape index (κ3) is 7.06. The van der Waals surface area contributed by atoms with Gasteiger partial charge in [-0.2, -0.15) is 0 Å². The lowest BCUT2D eigenvalue weighted by Gasteiger charge is -2.27. The molecule has 0 radical (unpaired) electrons. The lowest BCUT2D eigenvalue weighted by Crippen LogP contribution is -2.36. The van der Waals surface area contributed by atoms with Crippen LogP contribution in [0.1, 0.15) is 58.9 Å². The number of methoxy groups -OCH3 is 1. The van der Waals surface area contributed by atoms with Crippen LogP contribution in [0.2, 0.25) is 0 Å². The van der Waals surface area contributed by atoms with E-state index in [0.29, 0.717) is 19.5 Å². The van der Waals surface area contributed by atoms with Crippen molar-refractivity contribution in [2.24, 2.45) is 5.41 Å². The first-order chi connectivity index (χ1) is 13.1. The predicted molar refractivity (Wildman–Crippen MR) is 107 cm³/mol. The summed E-state index contributed by atoms with van der Waals surface area (Å²) < 4.78 is 15.9. The number of benzene rings is 1. The van der Waals surface area contributed by atoms with Gasteiger partial charge in [0.2, 0.25) is 0 Å². The van der Waals surface area contributed by atoms with Gasteiger partial charge in [-0.1, -0.05) is 19.1 Å². The van der Waals surface area contributed by atoms with Crippen molar-refractivity contribution in [3.05, 3.63) is 29.8 Å². The molecule has 1 fully saturated rings. The Balaban J connectivity index is 1.69. The zero-order valence-electron chi connectivity index (χ0n) is 17.7. The summed E-state index contributed by atoms with van der Waals surface area (Å²) in [4.78, 5) is 26.0. The number of carbonyl (C=O) groups is 2. The molecule has 6 nitrogen and oxygen atoms in total. The first kappa shape index (κ1) is 22.1. The summed E-state index contributed by atoms with van der Waals surface area (Å²) in [5.74, 6) is 0.585. The van der Waals surface area contributed by atoms with Gasteiger partial charge in [-0.3, -0.25) is 4.79 Å². The smallest absolute Gasteiger partial charge is 0.410 e. The van der Waals surface area contributed by atoms with E-state index >= 15 is 0 Å². The van der Waals surface area contributed by atoms with Crippen LogP contribution in [-0.4, -0.2) is 42.8 Å². The molecule has 156 valence electrons. The number of rotatable bonds is 7. The summed E-state index contributed by atoms with van der Waals surface area (Å²) >= 11 is 0. The monoisotopic (exact) mass is 391 g/mol. The van der Waals surface area contributed by atoms with Crippen LogP contribution < -0.4 is 4.74 Å². The number of esters is 1. The third-order valence-corrected chi connectivity index (χ3v) is 4.93. The predicted octanol–water partition coefficient (Wildman–Crippen LogP) is 4.56. The van der Waals surface area contributed by atoms with Crippen molar-refractivity contribution in [2.75, 3.05) is 20.2 Å². The molecule has 1 atom stereocenters. The van der Waals surface area contributed by atoms with E-state index in [9.17, 15) is 9.59 Å². The van der Waals surface area contributed by atoms with Crippen LogP contribution in [0.3, 0.4) is 0 Å².